The number of ketones is 1. The molecule has 1 atom stereocenters. The molecule has 0 bridgehead atoms. The smallest absolute Gasteiger partial charge is 0.138 e. The van der Waals surface area contributed by atoms with Crippen LogP contribution in [0.2, 0.25) is 0 Å². The second kappa shape index (κ2) is 10.7. The van der Waals surface area contributed by atoms with Crippen LogP contribution in [0.5, 0.6) is 5.75 Å². The van der Waals surface area contributed by atoms with Crippen LogP contribution in [0.3, 0.4) is 0 Å². The Labute approximate surface area is 149 Å². The van der Waals surface area contributed by atoms with Crippen molar-refractivity contribution in [3.63, 3.8) is 0 Å². The minimum atomic E-state index is 0. The lowest BCUT2D eigenvalue weighted by atomic mass is 9.84. The number of rotatable bonds is 9. The maximum Gasteiger partial charge on any atom is 0.138 e. The van der Waals surface area contributed by atoms with E-state index in [4.69, 9.17) is 4.74 Å². The first kappa shape index (κ1) is 22.0. The third kappa shape index (κ3) is 8.45. The van der Waals surface area contributed by atoms with Gasteiger partial charge in [0.05, 0.1) is 6.61 Å². The third-order valence-electron chi connectivity index (χ3n) is 3.72. The van der Waals surface area contributed by atoms with Gasteiger partial charge in [0.15, 0.2) is 0 Å². The van der Waals surface area contributed by atoms with Crippen LogP contribution in [-0.2, 0) is 11.2 Å². The summed E-state index contributed by atoms with van der Waals surface area (Å²) in [6.07, 6.45) is 1.79. The number of carbonyl (C=O) groups is 1. The van der Waals surface area contributed by atoms with Gasteiger partial charge in [-0.05, 0) is 42.4 Å². The van der Waals surface area contributed by atoms with Crippen LogP contribution in [0.4, 0.5) is 0 Å². The van der Waals surface area contributed by atoms with E-state index in [0.29, 0.717) is 17.6 Å². The first-order chi connectivity index (χ1) is 10.3. The molecule has 2 nitrogen and oxygen atoms in total. The number of benzene rings is 1. The Kier molecular flexibility index (Phi) is 10.3. The topological polar surface area (TPSA) is 26.3 Å². The molecule has 0 saturated carbocycles. The predicted molar refractivity (Wildman–Crippen MR) is 104 cm³/mol. The van der Waals surface area contributed by atoms with Crippen molar-refractivity contribution in [3.05, 3.63) is 29.8 Å². The van der Waals surface area contributed by atoms with E-state index >= 15 is 0 Å². The van der Waals surface area contributed by atoms with Gasteiger partial charge in [0.25, 0.3) is 0 Å². The summed E-state index contributed by atoms with van der Waals surface area (Å²) < 4.78 is 5.71. The Bertz CT molecular complexity index is 449. The Morgan fingerprint density at radius 2 is 1.52 bits per heavy atom. The Hall–Kier alpha value is -0.960. The number of carbonyl (C=O) groups excluding carboxylic acids is 1. The third-order valence-corrected chi connectivity index (χ3v) is 3.72. The summed E-state index contributed by atoms with van der Waals surface area (Å²) in [5.74, 6) is 2.60. The molecule has 3 heteroatoms. The van der Waals surface area contributed by atoms with Crippen molar-refractivity contribution < 1.29 is 9.53 Å². The van der Waals surface area contributed by atoms with Crippen LogP contribution in [0.25, 0.3) is 0 Å². The SMILES string of the molecule is CC(C)COc1ccc(C[C@H](CC(C)C)C(=O)C(C)C)cc1.S. The fraction of sp³-hybridized carbons (Fsp3) is 0.650. The van der Waals surface area contributed by atoms with E-state index in [9.17, 15) is 4.79 Å². The van der Waals surface area contributed by atoms with Crippen molar-refractivity contribution in [2.75, 3.05) is 6.61 Å². The molecule has 0 spiro atoms. The lowest BCUT2D eigenvalue weighted by Gasteiger charge is -2.20. The highest BCUT2D eigenvalue weighted by molar-refractivity contribution is 7.59. The highest BCUT2D eigenvalue weighted by Gasteiger charge is 2.22. The highest BCUT2D eigenvalue weighted by atomic mass is 32.1. The van der Waals surface area contributed by atoms with Gasteiger partial charge in [0, 0.05) is 11.8 Å². The van der Waals surface area contributed by atoms with Gasteiger partial charge in [0.2, 0.25) is 0 Å². The van der Waals surface area contributed by atoms with Gasteiger partial charge in [-0.15, -0.1) is 0 Å². The molecular formula is C20H34O2S. The van der Waals surface area contributed by atoms with Crippen LogP contribution < -0.4 is 4.74 Å². The van der Waals surface area contributed by atoms with Gasteiger partial charge in [0.1, 0.15) is 11.5 Å². The van der Waals surface area contributed by atoms with Crippen molar-refractivity contribution in [2.24, 2.45) is 23.7 Å². The molecule has 23 heavy (non-hydrogen) atoms. The Balaban J connectivity index is 0.00000484. The zero-order chi connectivity index (χ0) is 16.7. The molecule has 0 heterocycles. The normalized spacial score (nSPS) is 12.4. The minimum absolute atomic E-state index is 0. The molecule has 0 saturated heterocycles. The van der Waals surface area contributed by atoms with Crippen LogP contribution in [0.1, 0.15) is 53.5 Å². The molecule has 1 rings (SSSR count). The van der Waals surface area contributed by atoms with Gasteiger partial charge in [-0.25, -0.2) is 0 Å². The first-order valence-corrected chi connectivity index (χ1v) is 8.55. The molecule has 0 aliphatic rings. The average Bonchev–Trinajstić information content (AvgIpc) is 2.44. The van der Waals surface area contributed by atoms with Crippen molar-refractivity contribution in [3.8, 4) is 5.75 Å². The molecule has 0 radical (unpaired) electrons. The van der Waals surface area contributed by atoms with Gasteiger partial charge in [-0.3, -0.25) is 4.79 Å². The van der Waals surface area contributed by atoms with Crippen molar-refractivity contribution in [2.45, 2.75) is 54.4 Å². The predicted octanol–water partition coefficient (Wildman–Crippen LogP) is 5.26. The number of Topliss-reactive ketones (excluding diaryl/α,β-unsaturated/α-hetero) is 1. The van der Waals surface area contributed by atoms with Crippen molar-refractivity contribution in [1.82, 2.24) is 0 Å². The largest absolute Gasteiger partial charge is 0.493 e. The maximum atomic E-state index is 12.4. The van der Waals surface area contributed by atoms with Crippen LogP contribution in [0.15, 0.2) is 24.3 Å². The fourth-order valence-electron chi connectivity index (χ4n) is 2.61. The van der Waals surface area contributed by atoms with E-state index in [1.807, 2.05) is 26.0 Å². The summed E-state index contributed by atoms with van der Waals surface area (Å²) in [7, 11) is 0. The summed E-state index contributed by atoms with van der Waals surface area (Å²) in [5.41, 5.74) is 1.22. The standard InChI is InChI=1S/C20H32O2.H2S/c1-14(2)11-18(20(21)16(5)6)12-17-7-9-19(10-8-17)22-13-15(3)4;/h7-10,14-16,18H,11-13H2,1-6H3;1H2/t18-;/m0./s1. The first-order valence-electron chi connectivity index (χ1n) is 8.55. The molecular weight excluding hydrogens is 304 g/mol. The number of hydrogen-bond acceptors (Lipinski definition) is 2. The van der Waals surface area contributed by atoms with E-state index in [-0.39, 0.29) is 25.3 Å². The number of hydrogen-bond donors (Lipinski definition) is 0. The molecule has 0 aromatic heterocycles. The molecule has 0 amide bonds. The quantitative estimate of drug-likeness (QED) is 0.613. The van der Waals surface area contributed by atoms with E-state index in [2.05, 4.69) is 39.8 Å². The van der Waals surface area contributed by atoms with Crippen LogP contribution >= 0.6 is 13.5 Å². The fourth-order valence-corrected chi connectivity index (χ4v) is 2.61. The molecule has 0 N–H and O–H groups in total. The molecule has 0 fully saturated rings. The zero-order valence-electron chi connectivity index (χ0n) is 15.6. The Morgan fingerprint density at radius 3 is 1.96 bits per heavy atom. The summed E-state index contributed by atoms with van der Waals surface area (Å²) in [4.78, 5) is 12.4. The second-order valence-electron chi connectivity index (χ2n) is 7.44. The molecule has 0 aliphatic heterocycles. The maximum absolute atomic E-state index is 12.4. The zero-order valence-corrected chi connectivity index (χ0v) is 16.6. The summed E-state index contributed by atoms with van der Waals surface area (Å²) in [6, 6.07) is 8.22. The molecule has 0 unspecified atom stereocenters. The lowest BCUT2D eigenvalue weighted by Crippen LogP contribution is -2.23. The molecule has 1 aromatic rings. The molecule has 0 aliphatic carbocycles. The van der Waals surface area contributed by atoms with Gasteiger partial charge >= 0.3 is 0 Å². The van der Waals surface area contributed by atoms with E-state index in [0.717, 1.165) is 25.2 Å². The lowest BCUT2D eigenvalue weighted by molar-refractivity contribution is -0.126. The van der Waals surface area contributed by atoms with E-state index in [1.165, 1.54) is 5.56 Å². The van der Waals surface area contributed by atoms with Crippen LogP contribution in [0, 0.1) is 23.7 Å². The average molecular weight is 339 g/mol. The van der Waals surface area contributed by atoms with Gasteiger partial charge in [-0.2, -0.15) is 13.5 Å². The molecule has 132 valence electrons. The molecule has 1 aromatic carbocycles. The number of ether oxygens (including phenoxy) is 1. The van der Waals surface area contributed by atoms with E-state index in [1.54, 1.807) is 0 Å². The minimum Gasteiger partial charge on any atom is -0.493 e. The summed E-state index contributed by atoms with van der Waals surface area (Å²) in [6.45, 7) is 13.4. The summed E-state index contributed by atoms with van der Waals surface area (Å²) >= 11 is 0. The summed E-state index contributed by atoms with van der Waals surface area (Å²) in [5, 5.41) is 0. The second-order valence-corrected chi connectivity index (χ2v) is 7.44. The Morgan fingerprint density at radius 1 is 0.957 bits per heavy atom. The van der Waals surface area contributed by atoms with E-state index < -0.39 is 0 Å². The van der Waals surface area contributed by atoms with Crippen LogP contribution in [-0.4, -0.2) is 12.4 Å². The highest BCUT2D eigenvalue weighted by Crippen LogP contribution is 2.23. The van der Waals surface area contributed by atoms with Gasteiger partial charge in [-0.1, -0.05) is 53.7 Å². The monoisotopic (exact) mass is 338 g/mol. The van der Waals surface area contributed by atoms with Gasteiger partial charge < -0.3 is 4.74 Å². The van der Waals surface area contributed by atoms with Crippen molar-refractivity contribution in [1.29, 1.82) is 0 Å². The van der Waals surface area contributed by atoms with Crippen molar-refractivity contribution >= 4 is 19.3 Å².